The fourth-order valence-electron chi connectivity index (χ4n) is 7.61. The van der Waals surface area contributed by atoms with Gasteiger partial charge in [0.1, 0.15) is 12.3 Å². The molecule has 1 aromatic rings. The van der Waals surface area contributed by atoms with Gasteiger partial charge in [0.15, 0.2) is 0 Å². The number of hydrazine groups is 1. The molecule has 4 aliphatic carbocycles. The Kier molecular flexibility index (Phi) is 6.86. The van der Waals surface area contributed by atoms with Crippen molar-refractivity contribution in [2.75, 3.05) is 0 Å². The smallest absolute Gasteiger partial charge is 0.103 e. The van der Waals surface area contributed by atoms with Gasteiger partial charge in [-0.1, -0.05) is 91.1 Å². The molecule has 2 aliphatic heterocycles. The molecular formula is C34H39N5. The monoisotopic (exact) mass is 517 g/mol. The van der Waals surface area contributed by atoms with Crippen LogP contribution in [0.5, 0.6) is 0 Å². The number of fused-ring (bicyclic) bond motifs is 1. The first-order valence-electron chi connectivity index (χ1n) is 14.9. The predicted molar refractivity (Wildman–Crippen MR) is 155 cm³/mol. The Hall–Kier alpha value is -3.17. The van der Waals surface area contributed by atoms with Gasteiger partial charge < -0.3 is 5.32 Å². The molecule has 0 saturated carbocycles. The number of hydrogen-bond acceptors (Lipinski definition) is 5. The van der Waals surface area contributed by atoms with Crippen LogP contribution < -0.4 is 10.6 Å². The largest absolute Gasteiger partial charge is 0.378 e. The normalized spacial score (nSPS) is 42.0. The van der Waals surface area contributed by atoms with Crippen molar-refractivity contribution < 1.29 is 0 Å². The summed E-state index contributed by atoms with van der Waals surface area (Å²) in [6, 6.07) is 13.7. The molecule has 2 N–H and O–H groups in total. The van der Waals surface area contributed by atoms with Gasteiger partial charge in [0.25, 0.3) is 0 Å². The number of allylic oxidation sites excluding steroid dienone is 8. The van der Waals surface area contributed by atoms with E-state index in [1.54, 1.807) is 0 Å². The number of benzene rings is 1. The summed E-state index contributed by atoms with van der Waals surface area (Å²) < 4.78 is 0. The third-order valence-electron chi connectivity index (χ3n) is 9.57. The van der Waals surface area contributed by atoms with Crippen molar-refractivity contribution in [1.82, 2.24) is 20.7 Å². The molecule has 5 nitrogen and oxygen atoms in total. The van der Waals surface area contributed by atoms with Crippen LogP contribution in [0.2, 0.25) is 0 Å². The molecule has 5 heteroatoms. The average Bonchev–Trinajstić information content (AvgIpc) is 3.61. The van der Waals surface area contributed by atoms with Gasteiger partial charge in [-0.3, -0.25) is 5.32 Å². The van der Waals surface area contributed by atoms with Crippen molar-refractivity contribution in [3.63, 3.8) is 0 Å². The van der Waals surface area contributed by atoms with Gasteiger partial charge in [-0.05, 0) is 62.0 Å². The van der Waals surface area contributed by atoms with Crippen molar-refractivity contribution in [2.24, 2.45) is 29.6 Å². The summed E-state index contributed by atoms with van der Waals surface area (Å²) in [6.07, 6.45) is 32.9. The fourth-order valence-corrected chi connectivity index (χ4v) is 7.61. The first-order chi connectivity index (χ1) is 19.3. The molecule has 39 heavy (non-hydrogen) atoms. The van der Waals surface area contributed by atoms with Gasteiger partial charge in [0.05, 0.1) is 24.2 Å². The van der Waals surface area contributed by atoms with E-state index < -0.39 is 0 Å². The zero-order valence-electron chi connectivity index (χ0n) is 22.5. The minimum absolute atomic E-state index is 0.0398. The summed E-state index contributed by atoms with van der Waals surface area (Å²) in [4.78, 5) is 0. The van der Waals surface area contributed by atoms with Crippen LogP contribution >= 0.6 is 0 Å². The molecule has 11 unspecified atom stereocenters. The second kappa shape index (κ2) is 10.8. The van der Waals surface area contributed by atoms with Crippen LogP contribution in [0.3, 0.4) is 0 Å². The molecule has 0 aromatic heterocycles. The lowest BCUT2D eigenvalue weighted by atomic mass is 9.74. The van der Waals surface area contributed by atoms with E-state index in [1.807, 2.05) is 0 Å². The summed E-state index contributed by atoms with van der Waals surface area (Å²) in [7, 11) is 0. The molecule has 0 bridgehead atoms. The molecule has 2 fully saturated rings. The maximum atomic E-state index is 9.50. The van der Waals surface area contributed by atoms with E-state index in [0.29, 0.717) is 36.0 Å². The first-order valence-corrected chi connectivity index (χ1v) is 14.9. The number of hydrogen-bond donors (Lipinski definition) is 2. The Labute approximate surface area is 232 Å². The summed E-state index contributed by atoms with van der Waals surface area (Å²) in [5, 5.41) is 22.7. The third-order valence-corrected chi connectivity index (χ3v) is 9.57. The number of nitrogens with one attached hydrogen (secondary N) is 2. The summed E-state index contributed by atoms with van der Waals surface area (Å²) in [5.74, 6) is 2.03. The molecule has 2 heterocycles. The molecule has 2 saturated heterocycles. The summed E-state index contributed by atoms with van der Waals surface area (Å²) >= 11 is 0. The average molecular weight is 518 g/mol. The number of nitriles is 1. The van der Waals surface area contributed by atoms with E-state index in [0.717, 1.165) is 25.7 Å². The molecule has 0 radical (unpaired) electrons. The maximum absolute atomic E-state index is 9.50. The first kappa shape index (κ1) is 24.8. The van der Waals surface area contributed by atoms with E-state index in [4.69, 9.17) is 0 Å². The SMILES string of the molecule is N#CC1C=CCC(C2C=CC=CC2NC2=CC(C3N4C(c5ccccc5)NC(C5CC=CCC5)N34)CC=C2)C1. The second-order valence-electron chi connectivity index (χ2n) is 12.0. The molecule has 6 aliphatic rings. The highest BCUT2D eigenvalue weighted by atomic mass is 15.9. The molecule has 7 rings (SSSR count). The van der Waals surface area contributed by atoms with E-state index in [-0.39, 0.29) is 18.1 Å². The minimum Gasteiger partial charge on any atom is -0.378 e. The van der Waals surface area contributed by atoms with Crippen LogP contribution in [0.15, 0.2) is 103 Å². The molecule has 1 aromatic carbocycles. The standard InChI is InChI=1S/C34H39N5/c35-23-24-11-9-16-27(21-24)30-19-7-8-20-31(30)36-29-18-10-17-28(22-29)34-38-32(25-12-3-1-4-13-25)37-33(39(34)38)26-14-5-2-6-15-26/h1-5,7-13,18-20,22,24,26-28,30-34,36-37H,6,14-17,21H2. The number of nitrogens with zero attached hydrogens (tertiary/aromatic N) is 3. The zero-order valence-corrected chi connectivity index (χ0v) is 22.5. The van der Waals surface area contributed by atoms with Crippen LogP contribution in [-0.4, -0.2) is 28.4 Å². The van der Waals surface area contributed by atoms with Gasteiger partial charge >= 0.3 is 0 Å². The highest BCUT2D eigenvalue weighted by molar-refractivity contribution is 5.30. The van der Waals surface area contributed by atoms with Crippen molar-refractivity contribution in [3.8, 4) is 6.07 Å². The van der Waals surface area contributed by atoms with E-state index in [2.05, 4.69) is 124 Å². The molecule has 200 valence electrons. The van der Waals surface area contributed by atoms with Crippen molar-refractivity contribution >= 4 is 0 Å². The lowest BCUT2D eigenvalue weighted by molar-refractivity contribution is 0.212. The highest BCUT2D eigenvalue weighted by Gasteiger charge is 2.62. The topological polar surface area (TPSA) is 53.9 Å². The lowest BCUT2D eigenvalue weighted by Crippen LogP contribution is -2.43. The lowest BCUT2D eigenvalue weighted by Gasteiger charge is -2.35. The predicted octanol–water partition coefficient (Wildman–Crippen LogP) is 6.10. The van der Waals surface area contributed by atoms with Gasteiger partial charge in [0, 0.05) is 17.5 Å². The number of rotatable bonds is 6. The van der Waals surface area contributed by atoms with Crippen molar-refractivity contribution in [2.45, 2.75) is 63.1 Å². The van der Waals surface area contributed by atoms with Crippen LogP contribution in [0.25, 0.3) is 0 Å². The molecule has 0 amide bonds. The third kappa shape index (κ3) is 4.87. The Morgan fingerprint density at radius 1 is 0.897 bits per heavy atom. The van der Waals surface area contributed by atoms with Gasteiger partial charge in [-0.15, -0.1) is 0 Å². The highest BCUT2D eigenvalue weighted by Crippen LogP contribution is 2.51. The Bertz CT molecular complexity index is 1270. The van der Waals surface area contributed by atoms with Crippen LogP contribution in [0.4, 0.5) is 0 Å². The Morgan fingerprint density at radius 3 is 2.62 bits per heavy atom. The molecule has 11 atom stereocenters. The van der Waals surface area contributed by atoms with Crippen LogP contribution in [0.1, 0.15) is 50.3 Å². The van der Waals surface area contributed by atoms with Gasteiger partial charge in [-0.2, -0.15) is 10.3 Å². The van der Waals surface area contributed by atoms with E-state index in [1.165, 1.54) is 24.1 Å². The fraction of sp³-hybridized carbons (Fsp3) is 0.441. The van der Waals surface area contributed by atoms with Crippen LogP contribution in [0, 0.1) is 40.9 Å². The van der Waals surface area contributed by atoms with Gasteiger partial charge in [0.2, 0.25) is 0 Å². The molecular weight excluding hydrogens is 478 g/mol. The quantitative estimate of drug-likeness (QED) is 0.353. The van der Waals surface area contributed by atoms with Crippen molar-refractivity contribution in [1.29, 1.82) is 5.26 Å². The van der Waals surface area contributed by atoms with E-state index in [9.17, 15) is 5.26 Å². The maximum Gasteiger partial charge on any atom is 0.103 e. The van der Waals surface area contributed by atoms with Crippen LogP contribution in [-0.2, 0) is 0 Å². The van der Waals surface area contributed by atoms with E-state index >= 15 is 0 Å². The molecule has 0 spiro atoms. The Balaban J connectivity index is 1.09. The van der Waals surface area contributed by atoms with Gasteiger partial charge in [-0.25, -0.2) is 5.01 Å². The second-order valence-corrected chi connectivity index (χ2v) is 12.0. The Morgan fingerprint density at radius 2 is 1.77 bits per heavy atom. The summed E-state index contributed by atoms with van der Waals surface area (Å²) in [6.45, 7) is 0. The van der Waals surface area contributed by atoms with Crippen molar-refractivity contribution in [3.05, 3.63) is 108 Å². The summed E-state index contributed by atoms with van der Waals surface area (Å²) in [5.41, 5.74) is 2.59. The zero-order chi connectivity index (χ0) is 26.2. The minimum atomic E-state index is 0.0398.